The van der Waals surface area contributed by atoms with Gasteiger partial charge in [-0.05, 0) is 42.1 Å². The number of primary amides is 1. The summed E-state index contributed by atoms with van der Waals surface area (Å²) in [5.41, 5.74) is 6.30. The summed E-state index contributed by atoms with van der Waals surface area (Å²) in [6, 6.07) is 13.9. The Kier molecular flexibility index (Phi) is 5.80. The van der Waals surface area contributed by atoms with Gasteiger partial charge in [-0.2, -0.15) is 0 Å². The summed E-state index contributed by atoms with van der Waals surface area (Å²) >= 11 is 7.22. The Morgan fingerprint density at radius 3 is 2.72 bits per heavy atom. The molecule has 1 aromatic heterocycles. The lowest BCUT2D eigenvalue weighted by Crippen LogP contribution is -2.19. The van der Waals surface area contributed by atoms with E-state index in [0.29, 0.717) is 32.8 Å². The van der Waals surface area contributed by atoms with E-state index in [1.165, 1.54) is 24.3 Å². The fourth-order valence-electron chi connectivity index (χ4n) is 2.89. The molecule has 1 saturated heterocycles. The molecule has 9 nitrogen and oxygen atoms in total. The van der Waals surface area contributed by atoms with Crippen LogP contribution in [-0.4, -0.2) is 21.9 Å². The number of carbonyl (C=O) groups is 2. The topological polar surface area (TPSA) is 141 Å². The molecule has 0 unspecified atom stereocenters. The monoisotopic (exact) mass is 468 g/mol. The molecule has 2 aromatic carbocycles. The second kappa shape index (κ2) is 8.69. The molecule has 1 fully saturated rings. The van der Waals surface area contributed by atoms with Crippen molar-refractivity contribution in [2.45, 2.75) is 0 Å². The minimum atomic E-state index is -0.622. The van der Waals surface area contributed by atoms with E-state index in [4.69, 9.17) is 21.8 Å². The summed E-state index contributed by atoms with van der Waals surface area (Å²) in [6.45, 7) is 0. The maximum atomic E-state index is 12.3. The Bertz CT molecular complexity index is 1330. The minimum Gasteiger partial charge on any atom is -0.457 e. The van der Waals surface area contributed by atoms with E-state index < -0.39 is 10.8 Å². The molecule has 0 atom stereocenters. The van der Waals surface area contributed by atoms with Gasteiger partial charge < -0.3 is 15.5 Å². The van der Waals surface area contributed by atoms with Crippen molar-refractivity contribution in [2.75, 3.05) is 0 Å². The summed E-state index contributed by atoms with van der Waals surface area (Å²) in [5, 5.41) is 14.0. The molecule has 0 aliphatic carbocycles. The standard InChI is InChI=1S/C21H13ClN4O5S/c22-15-9-11(26(29)30)5-7-13(15)17-8-6-12(31-17)10-18-20(28)25-21(32-18)24-16-4-2-1-3-14(16)19(23)27/h1-10H,(H2,23,27)(H,24,25,28)/b18-10+. The van der Waals surface area contributed by atoms with Crippen LogP contribution >= 0.6 is 23.4 Å². The fourth-order valence-corrected chi connectivity index (χ4v) is 3.97. The molecule has 2 heterocycles. The second-order valence-corrected chi connectivity index (χ2v) is 7.92. The molecule has 3 N–H and O–H groups in total. The van der Waals surface area contributed by atoms with Gasteiger partial charge in [0.2, 0.25) is 0 Å². The lowest BCUT2D eigenvalue weighted by Gasteiger charge is -2.01. The van der Waals surface area contributed by atoms with Crippen LogP contribution in [-0.2, 0) is 4.79 Å². The number of furan rings is 1. The van der Waals surface area contributed by atoms with E-state index in [1.54, 1.807) is 36.4 Å². The molecule has 2 amide bonds. The summed E-state index contributed by atoms with van der Waals surface area (Å²) in [6.07, 6.45) is 1.53. The van der Waals surface area contributed by atoms with Crippen molar-refractivity contribution in [3.63, 3.8) is 0 Å². The molecule has 32 heavy (non-hydrogen) atoms. The number of para-hydroxylation sites is 1. The van der Waals surface area contributed by atoms with Gasteiger partial charge in [0.1, 0.15) is 11.5 Å². The largest absolute Gasteiger partial charge is 0.457 e. The molecule has 1 aliphatic heterocycles. The summed E-state index contributed by atoms with van der Waals surface area (Å²) in [5.74, 6) is -0.227. The first-order valence-electron chi connectivity index (χ1n) is 9.04. The number of hydrogen-bond donors (Lipinski definition) is 2. The Hall–Kier alpha value is -3.89. The lowest BCUT2D eigenvalue weighted by molar-refractivity contribution is -0.384. The Morgan fingerprint density at radius 2 is 2.00 bits per heavy atom. The van der Waals surface area contributed by atoms with Gasteiger partial charge in [-0.3, -0.25) is 19.7 Å². The average Bonchev–Trinajstić information content (AvgIpc) is 3.34. The summed E-state index contributed by atoms with van der Waals surface area (Å²) in [7, 11) is 0. The first-order chi connectivity index (χ1) is 15.3. The quantitative estimate of drug-likeness (QED) is 0.321. The number of rotatable bonds is 5. The predicted octanol–water partition coefficient (Wildman–Crippen LogP) is 4.50. The number of nitro benzene ring substituents is 1. The van der Waals surface area contributed by atoms with Crippen molar-refractivity contribution < 1.29 is 18.9 Å². The highest BCUT2D eigenvalue weighted by molar-refractivity contribution is 8.18. The number of thioether (sulfide) groups is 1. The molecule has 0 bridgehead atoms. The van der Waals surface area contributed by atoms with Crippen LogP contribution in [0.3, 0.4) is 0 Å². The van der Waals surface area contributed by atoms with Crippen LogP contribution in [0.5, 0.6) is 0 Å². The van der Waals surface area contributed by atoms with Crippen LogP contribution in [0.2, 0.25) is 5.02 Å². The summed E-state index contributed by atoms with van der Waals surface area (Å²) < 4.78 is 5.74. The van der Waals surface area contributed by atoms with E-state index >= 15 is 0 Å². The number of carbonyl (C=O) groups excluding carboxylic acids is 2. The van der Waals surface area contributed by atoms with Crippen LogP contribution in [0.25, 0.3) is 17.4 Å². The highest BCUT2D eigenvalue weighted by Crippen LogP contribution is 2.34. The van der Waals surface area contributed by atoms with Crippen molar-refractivity contribution in [2.24, 2.45) is 10.7 Å². The molecule has 4 rings (SSSR count). The number of nitrogens with one attached hydrogen (secondary N) is 1. The predicted molar refractivity (Wildman–Crippen MR) is 122 cm³/mol. The first-order valence-corrected chi connectivity index (χ1v) is 10.2. The number of amidine groups is 1. The van der Waals surface area contributed by atoms with E-state index in [1.807, 2.05) is 0 Å². The third kappa shape index (κ3) is 4.41. The highest BCUT2D eigenvalue weighted by atomic mass is 35.5. The molecular formula is C21H13ClN4O5S. The first kappa shape index (κ1) is 21.3. The van der Waals surface area contributed by atoms with E-state index in [0.717, 1.165) is 11.8 Å². The van der Waals surface area contributed by atoms with Crippen molar-refractivity contribution >= 4 is 57.8 Å². The number of nitrogens with two attached hydrogens (primary N) is 1. The average molecular weight is 469 g/mol. The Balaban J connectivity index is 1.57. The van der Waals surface area contributed by atoms with Crippen LogP contribution in [0.15, 0.2) is 68.9 Å². The van der Waals surface area contributed by atoms with Gasteiger partial charge in [-0.1, -0.05) is 23.7 Å². The maximum Gasteiger partial charge on any atom is 0.270 e. The molecule has 0 radical (unpaired) electrons. The molecular weight excluding hydrogens is 456 g/mol. The van der Waals surface area contributed by atoms with Gasteiger partial charge >= 0.3 is 0 Å². The van der Waals surface area contributed by atoms with Gasteiger partial charge in [0.25, 0.3) is 17.5 Å². The number of nitrogens with zero attached hydrogens (tertiary/aromatic N) is 2. The van der Waals surface area contributed by atoms with E-state index in [9.17, 15) is 19.7 Å². The lowest BCUT2D eigenvalue weighted by atomic mass is 10.1. The molecule has 0 spiro atoms. The van der Waals surface area contributed by atoms with Gasteiger partial charge in [0.15, 0.2) is 5.17 Å². The van der Waals surface area contributed by atoms with Crippen LogP contribution in [0, 0.1) is 10.1 Å². The number of hydrogen-bond acceptors (Lipinski definition) is 7. The van der Waals surface area contributed by atoms with Crippen molar-refractivity contribution in [1.29, 1.82) is 0 Å². The normalized spacial score (nSPS) is 15.8. The molecule has 160 valence electrons. The third-order valence-electron chi connectivity index (χ3n) is 4.37. The molecule has 1 aliphatic rings. The fraction of sp³-hybridized carbons (Fsp3) is 0. The number of nitro groups is 1. The Labute approximate surface area is 190 Å². The second-order valence-electron chi connectivity index (χ2n) is 6.49. The van der Waals surface area contributed by atoms with Gasteiger partial charge in [0, 0.05) is 23.8 Å². The molecule has 0 saturated carbocycles. The highest BCUT2D eigenvalue weighted by Gasteiger charge is 2.25. The summed E-state index contributed by atoms with van der Waals surface area (Å²) in [4.78, 5) is 38.9. The number of aliphatic imine (C=N–C) groups is 1. The molecule has 11 heteroatoms. The number of amides is 2. The molecule has 3 aromatic rings. The van der Waals surface area contributed by atoms with E-state index in [-0.39, 0.29) is 22.2 Å². The minimum absolute atomic E-state index is 0.128. The zero-order valence-corrected chi connectivity index (χ0v) is 17.6. The zero-order valence-electron chi connectivity index (χ0n) is 16.1. The van der Waals surface area contributed by atoms with E-state index in [2.05, 4.69) is 10.3 Å². The number of halogens is 1. The Morgan fingerprint density at radius 1 is 1.22 bits per heavy atom. The van der Waals surface area contributed by atoms with Crippen LogP contribution in [0.1, 0.15) is 16.1 Å². The van der Waals surface area contributed by atoms with Crippen molar-refractivity contribution in [3.8, 4) is 11.3 Å². The zero-order chi connectivity index (χ0) is 22.8. The third-order valence-corrected chi connectivity index (χ3v) is 5.59. The SMILES string of the molecule is NC(=O)c1ccccc1N=C1NC(=O)/C(=C\c2ccc(-c3ccc([N+](=O)[O-])cc3Cl)o2)S1. The van der Waals surface area contributed by atoms with Gasteiger partial charge in [-0.25, -0.2) is 4.99 Å². The maximum absolute atomic E-state index is 12.3. The van der Waals surface area contributed by atoms with Crippen LogP contribution < -0.4 is 11.1 Å². The van der Waals surface area contributed by atoms with Gasteiger partial charge in [-0.15, -0.1) is 0 Å². The van der Waals surface area contributed by atoms with Crippen molar-refractivity contribution in [3.05, 3.63) is 86.0 Å². The number of benzene rings is 2. The number of non-ortho nitro benzene ring substituents is 1. The van der Waals surface area contributed by atoms with Crippen LogP contribution in [0.4, 0.5) is 11.4 Å². The smallest absolute Gasteiger partial charge is 0.270 e. The van der Waals surface area contributed by atoms with Crippen molar-refractivity contribution in [1.82, 2.24) is 5.32 Å². The van der Waals surface area contributed by atoms with Gasteiger partial charge in [0.05, 0.1) is 26.1 Å².